The second-order valence-corrected chi connectivity index (χ2v) is 5.03. The molecule has 0 rings (SSSR count). The topological polar surface area (TPSA) is 38.7 Å². The molecule has 2 unspecified atom stereocenters. The molecule has 0 radical (unpaired) electrons. The fourth-order valence-electron chi connectivity index (χ4n) is 2.08. The van der Waals surface area contributed by atoms with Crippen LogP contribution in [0.1, 0.15) is 27.2 Å². The molecule has 0 aliphatic heterocycles. The van der Waals surface area contributed by atoms with Crippen LogP contribution < -0.4 is 5.32 Å². The van der Waals surface area contributed by atoms with Gasteiger partial charge in [-0.25, -0.2) is 0 Å². The number of likely N-dealkylation sites (N-methyl/N-ethyl adjacent to an activating group) is 2. The van der Waals surface area contributed by atoms with E-state index in [1.54, 1.807) is 0 Å². The minimum atomic E-state index is 0.194. The van der Waals surface area contributed by atoms with Crippen LogP contribution in [0.15, 0.2) is 0 Å². The lowest BCUT2D eigenvalue weighted by Crippen LogP contribution is -2.48. The molecule has 0 fully saturated rings. The van der Waals surface area contributed by atoms with Crippen molar-refractivity contribution in [3.8, 4) is 0 Å². The van der Waals surface area contributed by atoms with Crippen molar-refractivity contribution in [3.63, 3.8) is 0 Å². The lowest BCUT2D eigenvalue weighted by Gasteiger charge is -2.32. The predicted octanol–water partition coefficient (Wildman–Crippen LogP) is 0.619. The first kappa shape index (κ1) is 16.8. The zero-order valence-electron chi connectivity index (χ0n) is 12.2. The molecule has 0 bridgehead atoms. The van der Waals surface area contributed by atoms with Gasteiger partial charge < -0.3 is 15.3 Å². The summed E-state index contributed by atoms with van der Waals surface area (Å²) in [4.78, 5) is 4.63. The van der Waals surface area contributed by atoms with E-state index < -0.39 is 0 Å². The van der Waals surface area contributed by atoms with Crippen LogP contribution in [0, 0.1) is 0 Å². The lowest BCUT2D eigenvalue weighted by molar-refractivity contribution is 0.139. The largest absolute Gasteiger partial charge is 0.395 e. The number of aliphatic hydroxyl groups excluding tert-OH is 1. The van der Waals surface area contributed by atoms with Gasteiger partial charge in [0.2, 0.25) is 0 Å². The first-order valence-corrected chi connectivity index (χ1v) is 6.78. The maximum atomic E-state index is 9.36. The van der Waals surface area contributed by atoms with Crippen molar-refractivity contribution in [3.05, 3.63) is 0 Å². The van der Waals surface area contributed by atoms with E-state index in [1.165, 1.54) is 0 Å². The van der Waals surface area contributed by atoms with E-state index in [0.717, 1.165) is 32.6 Å². The number of aliphatic hydroxyl groups is 1. The van der Waals surface area contributed by atoms with Gasteiger partial charge in [-0.15, -0.1) is 0 Å². The van der Waals surface area contributed by atoms with Crippen LogP contribution >= 0.6 is 0 Å². The van der Waals surface area contributed by atoms with Gasteiger partial charge in [0, 0.05) is 25.2 Å². The smallest absolute Gasteiger partial charge is 0.0597 e. The molecule has 0 amide bonds. The zero-order valence-corrected chi connectivity index (χ0v) is 12.2. The fourth-order valence-corrected chi connectivity index (χ4v) is 2.08. The standard InChI is InChI=1S/C13H31N3O/c1-6-8-14-13(11-17)10-16(7-2)12(3)9-15(4)5/h12-14,17H,6-11H2,1-5H3. The van der Waals surface area contributed by atoms with Crippen LogP contribution in [0.25, 0.3) is 0 Å². The molecular weight excluding hydrogens is 214 g/mol. The molecule has 0 spiro atoms. The van der Waals surface area contributed by atoms with Crippen molar-refractivity contribution in [1.29, 1.82) is 0 Å². The molecule has 0 heterocycles. The van der Waals surface area contributed by atoms with Gasteiger partial charge in [0.15, 0.2) is 0 Å². The molecule has 2 N–H and O–H groups in total. The van der Waals surface area contributed by atoms with Gasteiger partial charge in [-0.1, -0.05) is 13.8 Å². The van der Waals surface area contributed by atoms with E-state index in [2.05, 4.69) is 50.0 Å². The molecule has 0 aromatic carbocycles. The highest BCUT2D eigenvalue weighted by atomic mass is 16.3. The highest BCUT2D eigenvalue weighted by Crippen LogP contribution is 2.02. The van der Waals surface area contributed by atoms with Crippen LogP contribution in [-0.4, -0.2) is 73.9 Å². The summed E-state index contributed by atoms with van der Waals surface area (Å²) in [5, 5.41) is 12.7. The Labute approximate surface area is 107 Å². The molecule has 104 valence electrons. The SMILES string of the molecule is CCCNC(CO)CN(CC)C(C)CN(C)C. The van der Waals surface area contributed by atoms with Crippen LogP contribution in [0.2, 0.25) is 0 Å². The van der Waals surface area contributed by atoms with E-state index in [-0.39, 0.29) is 12.6 Å². The monoisotopic (exact) mass is 245 g/mol. The molecule has 4 nitrogen and oxygen atoms in total. The molecule has 0 aromatic rings. The summed E-state index contributed by atoms with van der Waals surface area (Å²) in [6.45, 7) is 10.8. The molecule has 0 aromatic heterocycles. The molecular formula is C13H31N3O. The molecule has 4 heteroatoms. The van der Waals surface area contributed by atoms with Crippen LogP contribution in [0.5, 0.6) is 0 Å². The average Bonchev–Trinajstić information content (AvgIpc) is 2.28. The van der Waals surface area contributed by atoms with Gasteiger partial charge in [-0.2, -0.15) is 0 Å². The quantitative estimate of drug-likeness (QED) is 0.592. The fraction of sp³-hybridized carbons (Fsp3) is 1.00. The van der Waals surface area contributed by atoms with Crippen LogP contribution in [0.3, 0.4) is 0 Å². The Kier molecular flexibility index (Phi) is 9.74. The second kappa shape index (κ2) is 9.83. The predicted molar refractivity (Wildman–Crippen MR) is 74.4 cm³/mol. The van der Waals surface area contributed by atoms with E-state index in [1.807, 2.05) is 0 Å². The number of hydrogen-bond donors (Lipinski definition) is 2. The Hall–Kier alpha value is -0.160. The lowest BCUT2D eigenvalue weighted by atomic mass is 10.2. The highest BCUT2D eigenvalue weighted by molar-refractivity contribution is 4.75. The van der Waals surface area contributed by atoms with Gasteiger partial charge in [-0.3, -0.25) is 4.90 Å². The van der Waals surface area contributed by atoms with E-state index in [0.29, 0.717) is 6.04 Å². The summed E-state index contributed by atoms with van der Waals surface area (Å²) in [5.74, 6) is 0. The van der Waals surface area contributed by atoms with Crippen molar-refractivity contribution >= 4 is 0 Å². The van der Waals surface area contributed by atoms with Crippen LogP contribution in [-0.2, 0) is 0 Å². The molecule has 0 aliphatic rings. The maximum absolute atomic E-state index is 9.36. The van der Waals surface area contributed by atoms with Crippen molar-refractivity contribution in [1.82, 2.24) is 15.1 Å². The van der Waals surface area contributed by atoms with Crippen molar-refractivity contribution in [2.24, 2.45) is 0 Å². The summed E-state index contributed by atoms with van der Waals surface area (Å²) in [6.07, 6.45) is 1.11. The molecule has 0 saturated carbocycles. The Morgan fingerprint density at radius 2 is 1.82 bits per heavy atom. The van der Waals surface area contributed by atoms with Crippen molar-refractivity contribution in [2.75, 3.05) is 46.9 Å². The van der Waals surface area contributed by atoms with Gasteiger partial charge in [0.05, 0.1) is 6.61 Å². The van der Waals surface area contributed by atoms with Gasteiger partial charge >= 0.3 is 0 Å². The van der Waals surface area contributed by atoms with Gasteiger partial charge in [0.25, 0.3) is 0 Å². The third kappa shape index (κ3) is 7.71. The maximum Gasteiger partial charge on any atom is 0.0597 e. The molecule has 2 atom stereocenters. The first-order chi connectivity index (χ1) is 8.04. The summed E-state index contributed by atoms with van der Waals surface area (Å²) in [6, 6.07) is 0.715. The van der Waals surface area contributed by atoms with Gasteiger partial charge in [0.1, 0.15) is 0 Å². The minimum Gasteiger partial charge on any atom is -0.395 e. The third-order valence-corrected chi connectivity index (χ3v) is 3.02. The average molecular weight is 245 g/mol. The van der Waals surface area contributed by atoms with Crippen LogP contribution in [0.4, 0.5) is 0 Å². The molecule has 17 heavy (non-hydrogen) atoms. The third-order valence-electron chi connectivity index (χ3n) is 3.02. The highest BCUT2D eigenvalue weighted by Gasteiger charge is 2.17. The normalized spacial score (nSPS) is 15.5. The number of nitrogens with zero attached hydrogens (tertiary/aromatic N) is 2. The Bertz CT molecular complexity index is 176. The first-order valence-electron chi connectivity index (χ1n) is 6.78. The summed E-state index contributed by atoms with van der Waals surface area (Å²) in [7, 11) is 4.20. The van der Waals surface area contributed by atoms with E-state index >= 15 is 0 Å². The number of rotatable bonds is 10. The Morgan fingerprint density at radius 3 is 2.24 bits per heavy atom. The number of hydrogen-bond acceptors (Lipinski definition) is 4. The minimum absolute atomic E-state index is 0.194. The summed E-state index contributed by atoms with van der Waals surface area (Å²) >= 11 is 0. The van der Waals surface area contributed by atoms with Crippen molar-refractivity contribution < 1.29 is 5.11 Å². The van der Waals surface area contributed by atoms with Crippen molar-refractivity contribution in [2.45, 2.75) is 39.3 Å². The molecule has 0 aliphatic carbocycles. The zero-order chi connectivity index (χ0) is 13.3. The molecule has 0 saturated heterocycles. The summed E-state index contributed by atoms with van der Waals surface area (Å²) < 4.78 is 0. The second-order valence-electron chi connectivity index (χ2n) is 5.03. The number of nitrogens with one attached hydrogen (secondary N) is 1. The summed E-state index contributed by atoms with van der Waals surface area (Å²) in [5.41, 5.74) is 0. The Morgan fingerprint density at radius 1 is 1.18 bits per heavy atom. The Balaban J connectivity index is 4.15. The van der Waals surface area contributed by atoms with Gasteiger partial charge in [-0.05, 0) is 40.5 Å². The van der Waals surface area contributed by atoms with E-state index in [9.17, 15) is 5.11 Å². The van der Waals surface area contributed by atoms with E-state index in [4.69, 9.17) is 0 Å².